The first-order valence-corrected chi connectivity index (χ1v) is 9.03. The van der Waals surface area contributed by atoms with E-state index in [0.717, 1.165) is 27.8 Å². The molecule has 0 aliphatic rings. The van der Waals surface area contributed by atoms with E-state index in [1.165, 1.54) is 7.11 Å². The maximum atomic E-state index is 12.7. The molecule has 3 rings (SSSR count). The number of rotatable bonds is 6. The van der Waals surface area contributed by atoms with Gasteiger partial charge >= 0.3 is 5.97 Å². The monoisotopic (exact) mass is 389 g/mol. The van der Waals surface area contributed by atoms with Crippen LogP contribution in [0.5, 0.6) is 0 Å². The maximum Gasteiger partial charge on any atom is 0.340 e. The average Bonchev–Trinajstić information content (AvgIpc) is 3.06. The minimum absolute atomic E-state index is 0.171. The fourth-order valence-corrected chi connectivity index (χ4v) is 3.66. The Morgan fingerprint density at radius 1 is 1.19 bits per heavy atom. The van der Waals surface area contributed by atoms with Crippen molar-refractivity contribution in [3.05, 3.63) is 62.4 Å². The van der Waals surface area contributed by atoms with Crippen LogP contribution in [0, 0.1) is 6.92 Å². The first-order valence-electron chi connectivity index (χ1n) is 7.84. The molecule has 0 spiro atoms. The molecule has 0 N–H and O–H groups in total. The molecule has 0 bridgehead atoms. The summed E-state index contributed by atoms with van der Waals surface area (Å²) < 4.78 is 10.9. The zero-order chi connectivity index (χ0) is 18.7. The molecular formula is C19H16ClNO4S. The molecule has 0 aliphatic carbocycles. The number of aromatic nitrogens is 1. The van der Waals surface area contributed by atoms with Crippen LogP contribution in [0.25, 0.3) is 10.9 Å². The van der Waals surface area contributed by atoms with Gasteiger partial charge in [0.05, 0.1) is 32.6 Å². The third kappa shape index (κ3) is 3.77. The van der Waals surface area contributed by atoms with E-state index in [-0.39, 0.29) is 19.0 Å². The largest absolute Gasteiger partial charge is 0.454 e. The zero-order valence-electron chi connectivity index (χ0n) is 14.2. The molecule has 2 aromatic heterocycles. The Bertz CT molecular complexity index is 983. The summed E-state index contributed by atoms with van der Waals surface area (Å²) in [5.74, 6) is -0.890. The number of carbonyl (C=O) groups excluding carboxylic acids is 2. The van der Waals surface area contributed by atoms with Crippen molar-refractivity contribution in [1.29, 1.82) is 0 Å². The van der Waals surface area contributed by atoms with E-state index in [4.69, 9.17) is 21.1 Å². The van der Waals surface area contributed by atoms with Crippen LogP contribution in [0.1, 0.15) is 31.3 Å². The standard InChI is InChI=1S/C19H16ClNO4S/c1-11-12-5-3-4-6-13(12)21-14(9-24-2)18(11)19(23)25-10-15(22)16-7-8-17(20)26-16/h3-8H,9-10H2,1-2H3. The molecule has 1 aromatic carbocycles. The molecule has 5 nitrogen and oxygen atoms in total. The number of nitrogens with zero attached hydrogens (tertiary/aromatic N) is 1. The van der Waals surface area contributed by atoms with Gasteiger partial charge in [0, 0.05) is 12.5 Å². The number of halogens is 1. The number of hydrogen-bond donors (Lipinski definition) is 0. The van der Waals surface area contributed by atoms with Gasteiger partial charge in [-0.05, 0) is 30.7 Å². The predicted molar refractivity (Wildman–Crippen MR) is 101 cm³/mol. The van der Waals surface area contributed by atoms with E-state index in [1.54, 1.807) is 12.1 Å². The van der Waals surface area contributed by atoms with E-state index >= 15 is 0 Å². The van der Waals surface area contributed by atoms with Crippen LogP contribution in [0.4, 0.5) is 0 Å². The highest BCUT2D eigenvalue weighted by molar-refractivity contribution is 7.18. The molecule has 0 amide bonds. The topological polar surface area (TPSA) is 65.5 Å². The smallest absolute Gasteiger partial charge is 0.340 e. The molecule has 0 aliphatic heterocycles. The minimum Gasteiger partial charge on any atom is -0.454 e. The van der Waals surface area contributed by atoms with Gasteiger partial charge in [0.2, 0.25) is 5.78 Å². The van der Waals surface area contributed by atoms with Crippen molar-refractivity contribution < 1.29 is 19.1 Å². The molecule has 134 valence electrons. The van der Waals surface area contributed by atoms with Gasteiger partial charge in [-0.1, -0.05) is 29.8 Å². The number of ketones is 1. The molecule has 0 atom stereocenters. The number of pyridine rings is 1. The predicted octanol–water partition coefficient (Wildman–Crippen LogP) is 4.44. The third-order valence-electron chi connectivity index (χ3n) is 3.89. The van der Waals surface area contributed by atoms with Crippen molar-refractivity contribution >= 4 is 45.6 Å². The highest BCUT2D eigenvalue weighted by Gasteiger charge is 2.21. The summed E-state index contributed by atoms with van der Waals surface area (Å²) in [7, 11) is 1.53. The van der Waals surface area contributed by atoms with Gasteiger partial charge in [-0.2, -0.15) is 0 Å². The van der Waals surface area contributed by atoms with Crippen molar-refractivity contribution in [1.82, 2.24) is 4.98 Å². The molecule has 7 heteroatoms. The molecular weight excluding hydrogens is 374 g/mol. The third-order valence-corrected chi connectivity index (χ3v) is 5.17. The maximum absolute atomic E-state index is 12.7. The Morgan fingerprint density at radius 2 is 1.96 bits per heavy atom. The second-order valence-electron chi connectivity index (χ2n) is 5.61. The van der Waals surface area contributed by atoms with Crippen molar-refractivity contribution in [2.75, 3.05) is 13.7 Å². The van der Waals surface area contributed by atoms with E-state index in [2.05, 4.69) is 4.98 Å². The van der Waals surface area contributed by atoms with Gasteiger partial charge in [-0.25, -0.2) is 9.78 Å². The molecule has 3 aromatic rings. The Kier molecular flexibility index (Phi) is 5.66. The SMILES string of the molecule is COCc1nc2ccccc2c(C)c1C(=O)OCC(=O)c1ccc(Cl)s1. The van der Waals surface area contributed by atoms with E-state index in [1.807, 2.05) is 31.2 Å². The van der Waals surface area contributed by atoms with Crippen LogP contribution in [0.15, 0.2) is 36.4 Å². The van der Waals surface area contributed by atoms with Crippen molar-refractivity contribution in [2.45, 2.75) is 13.5 Å². The number of esters is 1. The lowest BCUT2D eigenvalue weighted by molar-refractivity contribution is 0.0470. The highest BCUT2D eigenvalue weighted by atomic mass is 35.5. The Balaban J connectivity index is 1.88. The number of hydrogen-bond acceptors (Lipinski definition) is 6. The summed E-state index contributed by atoms with van der Waals surface area (Å²) in [5, 5.41) is 0.857. The van der Waals surface area contributed by atoms with Crippen LogP contribution in [-0.2, 0) is 16.1 Å². The number of thiophene rings is 1. The lowest BCUT2D eigenvalue weighted by atomic mass is 10.0. The molecule has 26 heavy (non-hydrogen) atoms. The summed E-state index contributed by atoms with van der Waals surface area (Å²) in [6.07, 6.45) is 0. The lowest BCUT2D eigenvalue weighted by Crippen LogP contribution is -2.17. The number of para-hydroxylation sites is 1. The second-order valence-corrected chi connectivity index (χ2v) is 7.33. The first kappa shape index (κ1) is 18.5. The summed E-state index contributed by atoms with van der Waals surface area (Å²) in [4.78, 5) is 29.8. The molecule has 0 fully saturated rings. The summed E-state index contributed by atoms with van der Waals surface area (Å²) in [6.45, 7) is 1.65. The number of fused-ring (bicyclic) bond motifs is 1. The van der Waals surface area contributed by atoms with E-state index in [0.29, 0.717) is 20.5 Å². The number of methoxy groups -OCH3 is 1. The Labute approximate surface area is 159 Å². The fraction of sp³-hybridized carbons (Fsp3) is 0.211. The quantitative estimate of drug-likeness (QED) is 0.460. The minimum atomic E-state index is -0.594. The Hall–Kier alpha value is -2.28. The average molecular weight is 390 g/mol. The van der Waals surface area contributed by atoms with Crippen molar-refractivity contribution in [3.8, 4) is 0 Å². The first-order chi connectivity index (χ1) is 12.5. The highest BCUT2D eigenvalue weighted by Crippen LogP contribution is 2.25. The van der Waals surface area contributed by atoms with Gasteiger partial charge in [-0.3, -0.25) is 4.79 Å². The molecule has 0 radical (unpaired) electrons. The number of aryl methyl sites for hydroxylation is 1. The Morgan fingerprint density at radius 3 is 2.65 bits per heavy atom. The van der Waals surface area contributed by atoms with Crippen LogP contribution in [-0.4, -0.2) is 30.5 Å². The normalized spacial score (nSPS) is 10.9. The number of Topliss-reactive ketones (excluding diaryl/α,β-unsaturated/α-hetero) is 1. The number of ether oxygens (including phenoxy) is 2. The van der Waals surface area contributed by atoms with Gasteiger partial charge in [-0.15, -0.1) is 11.3 Å². The molecule has 0 saturated heterocycles. The molecule has 2 heterocycles. The number of benzene rings is 1. The van der Waals surface area contributed by atoms with Gasteiger partial charge < -0.3 is 9.47 Å². The molecule has 0 unspecified atom stereocenters. The van der Waals surface area contributed by atoms with E-state index in [9.17, 15) is 9.59 Å². The lowest BCUT2D eigenvalue weighted by Gasteiger charge is -2.13. The van der Waals surface area contributed by atoms with Gasteiger partial charge in [0.1, 0.15) is 0 Å². The summed E-state index contributed by atoms with van der Waals surface area (Å²) in [6, 6.07) is 10.8. The summed E-state index contributed by atoms with van der Waals surface area (Å²) >= 11 is 6.98. The van der Waals surface area contributed by atoms with E-state index < -0.39 is 5.97 Å². The fourth-order valence-electron chi connectivity index (χ4n) is 2.69. The van der Waals surface area contributed by atoms with Gasteiger partial charge in [0.15, 0.2) is 6.61 Å². The van der Waals surface area contributed by atoms with Crippen LogP contribution < -0.4 is 0 Å². The van der Waals surface area contributed by atoms with Crippen molar-refractivity contribution in [2.24, 2.45) is 0 Å². The van der Waals surface area contributed by atoms with Crippen LogP contribution in [0.2, 0.25) is 4.34 Å². The molecule has 0 saturated carbocycles. The van der Waals surface area contributed by atoms with Crippen LogP contribution in [0.3, 0.4) is 0 Å². The number of carbonyl (C=O) groups is 2. The van der Waals surface area contributed by atoms with Gasteiger partial charge in [0.25, 0.3) is 0 Å². The zero-order valence-corrected chi connectivity index (χ0v) is 15.8. The second kappa shape index (κ2) is 7.95. The van der Waals surface area contributed by atoms with Crippen LogP contribution >= 0.6 is 22.9 Å². The summed E-state index contributed by atoms with van der Waals surface area (Å²) in [5.41, 5.74) is 2.35. The van der Waals surface area contributed by atoms with Crippen molar-refractivity contribution in [3.63, 3.8) is 0 Å².